The number of amides is 1. The fourth-order valence-corrected chi connectivity index (χ4v) is 1.94. The van der Waals surface area contributed by atoms with E-state index in [-0.39, 0.29) is 31.8 Å². The third-order valence-corrected chi connectivity index (χ3v) is 2.84. The van der Waals surface area contributed by atoms with E-state index >= 15 is 0 Å². The van der Waals surface area contributed by atoms with E-state index in [0.717, 1.165) is 4.90 Å². The summed E-state index contributed by atoms with van der Waals surface area (Å²) in [6.07, 6.45) is -0.749. The Balaban J connectivity index is 2.89. The molecular formula is C14H21NO6. The maximum absolute atomic E-state index is 12.1. The molecule has 21 heavy (non-hydrogen) atoms. The molecule has 0 aromatic heterocycles. The number of nitrogens with zero attached hydrogens (tertiary/aromatic N) is 1. The lowest BCUT2D eigenvalue weighted by atomic mass is 9.98. The molecule has 1 fully saturated rings. The Bertz CT molecular complexity index is 451. The number of likely N-dealkylation sites (tertiary alicyclic amines) is 1. The van der Waals surface area contributed by atoms with Crippen molar-refractivity contribution in [3.63, 3.8) is 0 Å². The maximum Gasteiger partial charge on any atom is 0.410 e. The fraction of sp³-hybridized carbons (Fsp3) is 0.714. The van der Waals surface area contributed by atoms with Crippen molar-refractivity contribution >= 4 is 23.6 Å². The van der Waals surface area contributed by atoms with Crippen molar-refractivity contribution in [1.82, 2.24) is 4.90 Å². The number of hydrogen-bond donors (Lipinski definition) is 0. The van der Waals surface area contributed by atoms with Crippen LogP contribution in [-0.2, 0) is 23.9 Å². The summed E-state index contributed by atoms with van der Waals surface area (Å²) < 4.78 is 9.85. The van der Waals surface area contributed by atoms with Crippen molar-refractivity contribution in [1.29, 1.82) is 0 Å². The molecule has 1 heterocycles. The Morgan fingerprint density at radius 3 is 2.43 bits per heavy atom. The van der Waals surface area contributed by atoms with Gasteiger partial charge < -0.3 is 9.47 Å². The summed E-state index contributed by atoms with van der Waals surface area (Å²) in [5, 5.41) is 0. The minimum Gasteiger partial charge on any atom is -0.460 e. The van der Waals surface area contributed by atoms with E-state index in [0.29, 0.717) is 0 Å². The highest BCUT2D eigenvalue weighted by atomic mass is 16.6. The van der Waals surface area contributed by atoms with Crippen LogP contribution in [0.3, 0.4) is 0 Å². The highest BCUT2D eigenvalue weighted by Gasteiger charge is 2.40. The largest absolute Gasteiger partial charge is 0.460 e. The lowest BCUT2D eigenvalue weighted by Gasteiger charge is -2.34. The average molecular weight is 299 g/mol. The molecule has 0 radical (unpaired) electrons. The van der Waals surface area contributed by atoms with Crippen LogP contribution >= 0.6 is 0 Å². The van der Waals surface area contributed by atoms with E-state index in [1.807, 2.05) is 0 Å². The number of hydrogen-bond acceptors (Lipinski definition) is 6. The van der Waals surface area contributed by atoms with Gasteiger partial charge in [-0.15, -0.1) is 0 Å². The highest BCUT2D eigenvalue weighted by molar-refractivity contribution is 6.36. The molecule has 0 bridgehead atoms. The van der Waals surface area contributed by atoms with Crippen molar-refractivity contribution in [3.05, 3.63) is 0 Å². The summed E-state index contributed by atoms with van der Waals surface area (Å²) in [6.45, 7) is 6.77. The second-order valence-corrected chi connectivity index (χ2v) is 5.77. The van der Waals surface area contributed by atoms with Gasteiger partial charge in [0.1, 0.15) is 17.4 Å². The number of ketones is 2. The zero-order chi connectivity index (χ0) is 16.2. The van der Waals surface area contributed by atoms with Crippen LogP contribution in [0.5, 0.6) is 0 Å². The van der Waals surface area contributed by atoms with Crippen LogP contribution < -0.4 is 0 Å². The summed E-state index contributed by atoms with van der Waals surface area (Å²) in [7, 11) is 0. The van der Waals surface area contributed by atoms with E-state index in [9.17, 15) is 19.2 Å². The molecule has 0 N–H and O–H groups in total. The van der Waals surface area contributed by atoms with Crippen molar-refractivity contribution in [3.8, 4) is 0 Å². The topological polar surface area (TPSA) is 90.0 Å². The lowest BCUT2D eigenvalue weighted by Crippen LogP contribution is -2.53. The molecule has 1 unspecified atom stereocenters. The third kappa shape index (κ3) is 4.84. The molecule has 1 aliphatic rings. The Morgan fingerprint density at radius 1 is 1.29 bits per heavy atom. The molecule has 7 nitrogen and oxygen atoms in total. The summed E-state index contributed by atoms with van der Waals surface area (Å²) in [5.74, 6) is -2.10. The first-order valence-corrected chi connectivity index (χ1v) is 6.88. The fourth-order valence-electron chi connectivity index (χ4n) is 1.94. The summed E-state index contributed by atoms with van der Waals surface area (Å²) >= 11 is 0. The van der Waals surface area contributed by atoms with Gasteiger partial charge in [0.25, 0.3) is 5.78 Å². The van der Waals surface area contributed by atoms with Crippen molar-refractivity contribution < 1.29 is 28.7 Å². The molecular weight excluding hydrogens is 278 g/mol. The second kappa shape index (κ2) is 6.69. The molecule has 0 aromatic rings. The van der Waals surface area contributed by atoms with E-state index < -0.39 is 29.5 Å². The van der Waals surface area contributed by atoms with Crippen molar-refractivity contribution in [2.45, 2.75) is 52.2 Å². The van der Waals surface area contributed by atoms with Gasteiger partial charge in [0, 0.05) is 19.4 Å². The van der Waals surface area contributed by atoms with E-state index in [4.69, 9.17) is 4.74 Å². The molecule has 1 atom stereocenters. The molecule has 118 valence electrons. The maximum atomic E-state index is 12.1. The quantitative estimate of drug-likeness (QED) is 0.572. The third-order valence-electron chi connectivity index (χ3n) is 2.84. The molecule has 1 amide bonds. The minimum absolute atomic E-state index is 0.0533. The zero-order valence-corrected chi connectivity index (χ0v) is 12.8. The van der Waals surface area contributed by atoms with E-state index in [1.54, 1.807) is 27.7 Å². The van der Waals surface area contributed by atoms with Gasteiger partial charge in [-0.2, -0.15) is 0 Å². The Labute approximate surface area is 123 Å². The molecule has 1 rings (SSSR count). The standard InChI is InChI=1S/C14H21NO6/c1-5-20-12(18)11(17)10-8-9(16)6-7-15(10)13(19)21-14(2,3)4/h10H,5-8H2,1-4H3. The summed E-state index contributed by atoms with van der Waals surface area (Å²) in [5.41, 5.74) is -0.726. The van der Waals surface area contributed by atoms with Crippen LogP contribution in [0.2, 0.25) is 0 Å². The van der Waals surface area contributed by atoms with Gasteiger partial charge in [0.05, 0.1) is 6.61 Å². The monoisotopic (exact) mass is 299 g/mol. The van der Waals surface area contributed by atoms with Gasteiger partial charge in [-0.25, -0.2) is 9.59 Å². The molecule has 0 aliphatic carbocycles. The number of Topliss-reactive ketones (excluding diaryl/α,β-unsaturated/α-hetero) is 2. The number of rotatable bonds is 3. The van der Waals surface area contributed by atoms with Crippen LogP contribution in [0, 0.1) is 0 Å². The van der Waals surface area contributed by atoms with Crippen molar-refractivity contribution in [2.24, 2.45) is 0 Å². The zero-order valence-electron chi connectivity index (χ0n) is 12.8. The molecule has 1 aliphatic heterocycles. The minimum atomic E-state index is -1.14. The van der Waals surface area contributed by atoms with Gasteiger partial charge in [-0.05, 0) is 27.7 Å². The van der Waals surface area contributed by atoms with Gasteiger partial charge >= 0.3 is 12.1 Å². The average Bonchev–Trinajstić information content (AvgIpc) is 2.35. The van der Waals surface area contributed by atoms with Gasteiger partial charge in [0.15, 0.2) is 0 Å². The molecule has 1 saturated heterocycles. The number of carbonyl (C=O) groups excluding carboxylic acids is 4. The Kier molecular flexibility index (Phi) is 5.46. The van der Waals surface area contributed by atoms with Crippen LogP contribution in [0.15, 0.2) is 0 Å². The predicted octanol–water partition coefficient (Wildman–Crippen LogP) is 1.09. The summed E-state index contributed by atoms with van der Waals surface area (Å²) in [4.78, 5) is 48.3. The Morgan fingerprint density at radius 2 is 1.90 bits per heavy atom. The van der Waals surface area contributed by atoms with E-state index in [2.05, 4.69) is 4.74 Å². The van der Waals surface area contributed by atoms with Gasteiger partial charge in [-0.1, -0.05) is 0 Å². The first-order valence-electron chi connectivity index (χ1n) is 6.88. The first-order chi connectivity index (χ1) is 9.65. The lowest BCUT2D eigenvalue weighted by molar-refractivity contribution is -0.156. The molecule has 0 spiro atoms. The van der Waals surface area contributed by atoms with Crippen molar-refractivity contribution in [2.75, 3.05) is 13.2 Å². The van der Waals surface area contributed by atoms with E-state index in [1.165, 1.54) is 0 Å². The van der Waals surface area contributed by atoms with Gasteiger partial charge in [-0.3, -0.25) is 14.5 Å². The summed E-state index contributed by atoms with van der Waals surface area (Å²) in [6, 6.07) is -1.14. The smallest absolute Gasteiger partial charge is 0.410 e. The number of ether oxygens (including phenoxy) is 2. The first kappa shape index (κ1) is 17.1. The number of carbonyl (C=O) groups is 4. The van der Waals surface area contributed by atoms with Gasteiger partial charge in [0.2, 0.25) is 0 Å². The number of esters is 1. The van der Waals surface area contributed by atoms with Crippen LogP contribution in [0.4, 0.5) is 4.79 Å². The molecule has 7 heteroatoms. The molecule has 0 saturated carbocycles. The Hall–Kier alpha value is -1.92. The SMILES string of the molecule is CCOC(=O)C(=O)C1CC(=O)CCN1C(=O)OC(C)(C)C. The van der Waals surface area contributed by atoms with Crippen LogP contribution in [0.1, 0.15) is 40.5 Å². The van der Waals surface area contributed by atoms with Crippen LogP contribution in [-0.4, -0.2) is 53.3 Å². The normalized spacial score (nSPS) is 19.1. The number of piperidine rings is 1. The predicted molar refractivity (Wildman–Crippen MR) is 72.6 cm³/mol. The second-order valence-electron chi connectivity index (χ2n) is 5.77. The van der Waals surface area contributed by atoms with Crippen LogP contribution in [0.25, 0.3) is 0 Å². The highest BCUT2D eigenvalue weighted by Crippen LogP contribution is 2.19. The molecule has 0 aromatic carbocycles.